The van der Waals surface area contributed by atoms with Gasteiger partial charge in [0, 0.05) is 12.8 Å². The normalized spacial score (nSPS) is 12.9. The SMILES string of the molecule is CCC(=O)O[C@@H](c1ccccc1)[C@@H](OC(=O)CC)c1ccccc1. The molecule has 2 aromatic rings. The highest BCUT2D eigenvalue weighted by molar-refractivity contribution is 5.70. The van der Waals surface area contributed by atoms with Crippen molar-refractivity contribution in [1.82, 2.24) is 0 Å². The van der Waals surface area contributed by atoms with Gasteiger partial charge >= 0.3 is 11.9 Å². The molecule has 24 heavy (non-hydrogen) atoms. The average molecular weight is 326 g/mol. The topological polar surface area (TPSA) is 52.6 Å². The summed E-state index contributed by atoms with van der Waals surface area (Å²) < 4.78 is 11.3. The molecule has 0 saturated heterocycles. The number of rotatable bonds is 7. The van der Waals surface area contributed by atoms with Crippen molar-refractivity contribution in [3.63, 3.8) is 0 Å². The smallest absolute Gasteiger partial charge is 0.306 e. The molecule has 2 rings (SSSR count). The van der Waals surface area contributed by atoms with E-state index in [0.29, 0.717) is 0 Å². The van der Waals surface area contributed by atoms with Crippen LogP contribution < -0.4 is 0 Å². The van der Waals surface area contributed by atoms with Crippen LogP contribution in [0.4, 0.5) is 0 Å². The van der Waals surface area contributed by atoms with E-state index < -0.39 is 12.2 Å². The lowest BCUT2D eigenvalue weighted by molar-refractivity contribution is -0.169. The molecule has 2 aromatic carbocycles. The number of hydrogen-bond donors (Lipinski definition) is 0. The van der Waals surface area contributed by atoms with Gasteiger partial charge in [0.2, 0.25) is 0 Å². The summed E-state index contributed by atoms with van der Waals surface area (Å²) in [6.07, 6.45) is -0.854. The lowest BCUT2D eigenvalue weighted by Gasteiger charge is -2.27. The zero-order valence-corrected chi connectivity index (χ0v) is 14.0. The van der Waals surface area contributed by atoms with Gasteiger partial charge in [0.05, 0.1) is 0 Å². The van der Waals surface area contributed by atoms with Crippen molar-refractivity contribution >= 4 is 11.9 Å². The first-order valence-electron chi connectivity index (χ1n) is 8.14. The number of carbonyl (C=O) groups is 2. The molecule has 0 unspecified atom stereocenters. The maximum absolute atomic E-state index is 11.9. The minimum Gasteiger partial charge on any atom is -0.453 e. The van der Waals surface area contributed by atoms with Crippen molar-refractivity contribution in [2.45, 2.75) is 38.9 Å². The van der Waals surface area contributed by atoms with Gasteiger partial charge in [-0.1, -0.05) is 74.5 Å². The van der Waals surface area contributed by atoms with Crippen LogP contribution >= 0.6 is 0 Å². The standard InChI is InChI=1S/C20H22O4/c1-3-17(21)23-19(15-11-7-5-8-12-15)20(24-18(22)4-2)16-13-9-6-10-14-16/h5-14,19-20H,3-4H2,1-2H3/t19-,20-/m0/s1. The van der Waals surface area contributed by atoms with Gasteiger partial charge in [-0.15, -0.1) is 0 Å². The zero-order valence-electron chi connectivity index (χ0n) is 14.0. The van der Waals surface area contributed by atoms with E-state index in [0.717, 1.165) is 11.1 Å². The molecular weight excluding hydrogens is 304 g/mol. The summed E-state index contributed by atoms with van der Waals surface area (Å²) >= 11 is 0. The van der Waals surface area contributed by atoms with E-state index in [4.69, 9.17) is 9.47 Å². The summed E-state index contributed by atoms with van der Waals surface area (Å²) in [4.78, 5) is 23.8. The molecule has 4 heteroatoms. The Morgan fingerprint density at radius 1 is 0.708 bits per heavy atom. The molecule has 4 nitrogen and oxygen atoms in total. The first kappa shape index (κ1) is 17.7. The quantitative estimate of drug-likeness (QED) is 0.709. The summed E-state index contributed by atoms with van der Waals surface area (Å²) in [6.45, 7) is 3.47. The summed E-state index contributed by atoms with van der Waals surface area (Å²) in [6, 6.07) is 18.7. The van der Waals surface area contributed by atoms with Gasteiger partial charge in [-0.2, -0.15) is 0 Å². The number of esters is 2. The second kappa shape index (κ2) is 8.87. The molecule has 0 N–H and O–H groups in total. The minimum absolute atomic E-state index is 0.257. The zero-order chi connectivity index (χ0) is 17.4. The van der Waals surface area contributed by atoms with Crippen molar-refractivity contribution in [3.8, 4) is 0 Å². The molecule has 0 heterocycles. The van der Waals surface area contributed by atoms with Crippen molar-refractivity contribution in [2.24, 2.45) is 0 Å². The highest BCUT2D eigenvalue weighted by Crippen LogP contribution is 2.35. The molecule has 0 aliphatic carbocycles. The van der Waals surface area contributed by atoms with Crippen molar-refractivity contribution in [3.05, 3.63) is 71.8 Å². The van der Waals surface area contributed by atoms with Crippen LogP contribution in [0, 0.1) is 0 Å². The molecule has 0 fully saturated rings. The second-order valence-electron chi connectivity index (χ2n) is 5.35. The van der Waals surface area contributed by atoms with E-state index in [9.17, 15) is 9.59 Å². The largest absolute Gasteiger partial charge is 0.453 e. The molecule has 0 aliphatic rings. The van der Waals surface area contributed by atoms with E-state index in [1.165, 1.54) is 0 Å². The highest BCUT2D eigenvalue weighted by Gasteiger charge is 2.31. The molecule has 0 amide bonds. The van der Waals surface area contributed by atoms with Gasteiger partial charge in [0.15, 0.2) is 12.2 Å². The fourth-order valence-corrected chi connectivity index (χ4v) is 2.34. The van der Waals surface area contributed by atoms with Crippen molar-refractivity contribution in [1.29, 1.82) is 0 Å². The van der Waals surface area contributed by atoms with Crippen molar-refractivity contribution in [2.75, 3.05) is 0 Å². The van der Waals surface area contributed by atoms with Crippen LogP contribution in [0.3, 0.4) is 0 Å². The molecule has 0 spiro atoms. The Morgan fingerprint density at radius 2 is 1.04 bits per heavy atom. The van der Waals surface area contributed by atoms with Gasteiger partial charge in [-0.3, -0.25) is 9.59 Å². The third-order valence-corrected chi connectivity index (χ3v) is 3.63. The molecule has 0 aromatic heterocycles. The predicted octanol–water partition coefficient (Wildman–Crippen LogP) is 4.38. The van der Waals surface area contributed by atoms with Crippen LogP contribution in [0.15, 0.2) is 60.7 Å². The van der Waals surface area contributed by atoms with Gasteiger partial charge in [-0.05, 0) is 11.1 Å². The van der Waals surface area contributed by atoms with E-state index in [1.54, 1.807) is 13.8 Å². The first-order valence-corrected chi connectivity index (χ1v) is 8.14. The Bertz CT molecular complexity index is 592. The number of hydrogen-bond acceptors (Lipinski definition) is 4. The van der Waals surface area contributed by atoms with Crippen molar-refractivity contribution < 1.29 is 19.1 Å². The summed E-state index contributed by atoms with van der Waals surface area (Å²) in [7, 11) is 0. The van der Waals surface area contributed by atoms with Crippen LogP contribution in [-0.2, 0) is 19.1 Å². The van der Waals surface area contributed by atoms with Crippen LogP contribution in [0.2, 0.25) is 0 Å². The monoisotopic (exact) mass is 326 g/mol. The fourth-order valence-electron chi connectivity index (χ4n) is 2.34. The first-order chi connectivity index (χ1) is 11.7. The molecular formula is C20H22O4. The maximum Gasteiger partial charge on any atom is 0.306 e. The average Bonchev–Trinajstić information content (AvgIpc) is 2.65. The Morgan fingerprint density at radius 3 is 1.33 bits per heavy atom. The highest BCUT2D eigenvalue weighted by atomic mass is 16.6. The Kier molecular flexibility index (Phi) is 6.55. The summed E-state index contributed by atoms with van der Waals surface area (Å²) in [5, 5.41) is 0. The van der Waals surface area contributed by atoms with E-state index in [2.05, 4.69) is 0 Å². The van der Waals surface area contributed by atoms with Crippen LogP contribution in [0.5, 0.6) is 0 Å². The van der Waals surface area contributed by atoms with Gasteiger partial charge in [0.1, 0.15) is 0 Å². The van der Waals surface area contributed by atoms with Crippen LogP contribution in [0.25, 0.3) is 0 Å². The van der Waals surface area contributed by atoms with E-state index in [-0.39, 0.29) is 24.8 Å². The van der Waals surface area contributed by atoms with Gasteiger partial charge in [0.25, 0.3) is 0 Å². The molecule has 126 valence electrons. The number of carbonyl (C=O) groups excluding carboxylic acids is 2. The van der Waals surface area contributed by atoms with Crippen LogP contribution in [0.1, 0.15) is 50.0 Å². The molecule has 0 radical (unpaired) electrons. The number of benzene rings is 2. The molecule has 0 saturated carbocycles. The molecule has 0 bridgehead atoms. The lowest BCUT2D eigenvalue weighted by atomic mass is 9.97. The fraction of sp³-hybridized carbons (Fsp3) is 0.300. The predicted molar refractivity (Wildman–Crippen MR) is 91.1 cm³/mol. The second-order valence-corrected chi connectivity index (χ2v) is 5.35. The Labute approximate surface area is 142 Å². The Hall–Kier alpha value is -2.62. The van der Waals surface area contributed by atoms with Gasteiger partial charge < -0.3 is 9.47 Å². The van der Waals surface area contributed by atoms with Gasteiger partial charge in [-0.25, -0.2) is 0 Å². The maximum atomic E-state index is 11.9. The lowest BCUT2D eigenvalue weighted by Crippen LogP contribution is -2.22. The van der Waals surface area contributed by atoms with E-state index >= 15 is 0 Å². The third kappa shape index (κ3) is 4.69. The molecule has 2 atom stereocenters. The molecule has 0 aliphatic heterocycles. The minimum atomic E-state index is -0.684. The third-order valence-electron chi connectivity index (χ3n) is 3.63. The van der Waals surface area contributed by atoms with Crippen LogP contribution in [-0.4, -0.2) is 11.9 Å². The Balaban J connectivity index is 2.42. The van der Waals surface area contributed by atoms with E-state index in [1.807, 2.05) is 60.7 Å². The summed E-state index contributed by atoms with van der Waals surface area (Å²) in [5.74, 6) is -0.672. The summed E-state index contributed by atoms with van der Waals surface area (Å²) in [5.41, 5.74) is 1.58. The number of ether oxygens (including phenoxy) is 2.